The van der Waals surface area contributed by atoms with Gasteiger partial charge >= 0.3 is 0 Å². The fourth-order valence-corrected chi connectivity index (χ4v) is 2.24. The number of aryl methyl sites for hydroxylation is 2. The van der Waals surface area contributed by atoms with Gasteiger partial charge in [-0.1, -0.05) is 47.5 Å². The number of hydrogen-bond donors (Lipinski definition) is 0. The third-order valence-electron chi connectivity index (χ3n) is 3.11. The fraction of sp³-hybridized carbons (Fsp3) is 0.125. The number of hydrogen-bond acceptors (Lipinski definition) is 0. The summed E-state index contributed by atoms with van der Waals surface area (Å²) in [6, 6.07) is 17.8. The van der Waals surface area contributed by atoms with Crippen LogP contribution in [0.3, 0.4) is 0 Å². The smallest absolute Gasteiger partial charge is 0 e. The third-order valence-corrected chi connectivity index (χ3v) is 3.11. The van der Waals surface area contributed by atoms with Gasteiger partial charge in [0.05, 0.1) is 0 Å². The minimum atomic E-state index is 0. The van der Waals surface area contributed by atoms with Crippen molar-refractivity contribution in [2.45, 2.75) is 13.8 Å². The van der Waals surface area contributed by atoms with Crippen LogP contribution in [0.15, 0.2) is 48.5 Å². The molecule has 3 aromatic carbocycles. The molecule has 0 bridgehead atoms. The molecule has 0 aromatic heterocycles. The molecule has 0 N–H and O–H groups in total. The van der Waals surface area contributed by atoms with Crippen LogP contribution in [0.2, 0.25) is 0 Å². The minimum absolute atomic E-state index is 0. The molecule has 0 atom stereocenters. The first-order valence-electron chi connectivity index (χ1n) is 5.63. The summed E-state index contributed by atoms with van der Waals surface area (Å²) < 4.78 is 0. The van der Waals surface area contributed by atoms with Crippen molar-refractivity contribution in [3.8, 4) is 0 Å². The summed E-state index contributed by atoms with van der Waals surface area (Å²) >= 11 is 0. The Hall–Kier alpha value is -0.301. The van der Waals surface area contributed by atoms with Crippen LogP contribution < -0.4 is 0 Å². The maximum Gasteiger partial charge on any atom is 0 e. The molecule has 1 heteroatoms. The number of benzene rings is 3. The summed E-state index contributed by atoms with van der Waals surface area (Å²) in [6.07, 6.45) is 0. The van der Waals surface area contributed by atoms with E-state index in [1.807, 2.05) is 0 Å². The predicted octanol–water partition coefficient (Wildman–Crippen LogP) is 4.61. The average Bonchev–Trinajstić information content (AvgIpc) is 2.26. The minimum Gasteiger partial charge on any atom is -0.0587 e. The largest absolute Gasteiger partial charge is 0.0587 e. The summed E-state index contributed by atoms with van der Waals surface area (Å²) in [5, 5.41) is 5.31. The monoisotopic (exact) mass is 380 g/mol. The summed E-state index contributed by atoms with van der Waals surface area (Å²) in [7, 11) is 0. The van der Waals surface area contributed by atoms with Crippen LogP contribution in [0.1, 0.15) is 11.1 Å². The van der Waals surface area contributed by atoms with Gasteiger partial charge in [-0.3, -0.25) is 0 Å². The van der Waals surface area contributed by atoms with Crippen molar-refractivity contribution in [1.82, 2.24) is 0 Å². The van der Waals surface area contributed by atoms with Crippen molar-refractivity contribution in [2.75, 3.05) is 0 Å². The summed E-state index contributed by atoms with van der Waals surface area (Å²) in [4.78, 5) is 0. The van der Waals surface area contributed by atoms with Crippen LogP contribution in [-0.2, 0) is 0 Å². The molecule has 0 nitrogen and oxygen atoms in total. The fourth-order valence-electron chi connectivity index (χ4n) is 2.24. The molecule has 0 amide bonds. The van der Waals surface area contributed by atoms with Crippen LogP contribution in [0.4, 0.5) is 0 Å². The maximum atomic E-state index is 2.27. The SMILES string of the molecule is Cc1ccc2cc3cc(C)ccc3cc2c1.[Yb]. The van der Waals surface area contributed by atoms with E-state index in [0.29, 0.717) is 0 Å². The van der Waals surface area contributed by atoms with Crippen molar-refractivity contribution in [3.63, 3.8) is 0 Å². The van der Waals surface area contributed by atoms with Crippen LogP contribution in [0.5, 0.6) is 0 Å². The second kappa shape index (κ2) is 5.14. The van der Waals surface area contributed by atoms with E-state index in [9.17, 15) is 0 Å². The van der Waals surface area contributed by atoms with Crippen LogP contribution in [0.25, 0.3) is 21.5 Å². The molecule has 0 unspecified atom stereocenters. The van der Waals surface area contributed by atoms with E-state index in [2.05, 4.69) is 62.4 Å². The van der Waals surface area contributed by atoms with E-state index in [1.54, 1.807) is 0 Å². The molecule has 3 aromatic rings. The molecule has 0 heterocycles. The van der Waals surface area contributed by atoms with Crippen molar-refractivity contribution in [3.05, 3.63) is 59.7 Å². The van der Waals surface area contributed by atoms with Crippen molar-refractivity contribution < 1.29 is 46.9 Å². The van der Waals surface area contributed by atoms with Gasteiger partial charge < -0.3 is 0 Å². The summed E-state index contributed by atoms with van der Waals surface area (Å²) in [5.74, 6) is 0. The Morgan fingerprint density at radius 1 is 0.529 bits per heavy atom. The molecule has 0 aliphatic heterocycles. The molecular formula is C16H14Yb. The van der Waals surface area contributed by atoms with E-state index < -0.39 is 0 Å². The van der Waals surface area contributed by atoms with Gasteiger partial charge in [0, 0.05) is 46.9 Å². The zero-order valence-corrected chi connectivity index (χ0v) is 11.6. The van der Waals surface area contributed by atoms with Crippen LogP contribution >= 0.6 is 0 Å². The Labute approximate surface area is 140 Å². The Morgan fingerprint density at radius 3 is 1.35 bits per heavy atom. The first-order valence-corrected chi connectivity index (χ1v) is 5.63. The Kier molecular flexibility index (Phi) is 3.97. The zero-order valence-electron chi connectivity index (χ0n) is 9.89. The second-order valence-electron chi connectivity index (χ2n) is 4.55. The first-order chi connectivity index (χ1) is 7.72. The summed E-state index contributed by atoms with van der Waals surface area (Å²) in [6.45, 7) is 4.28. The van der Waals surface area contributed by atoms with E-state index in [-0.39, 0.29) is 46.9 Å². The van der Waals surface area contributed by atoms with Crippen molar-refractivity contribution >= 4 is 21.5 Å². The van der Waals surface area contributed by atoms with Gasteiger partial charge in [-0.15, -0.1) is 0 Å². The Morgan fingerprint density at radius 2 is 0.941 bits per heavy atom. The van der Waals surface area contributed by atoms with Crippen LogP contribution in [0, 0.1) is 60.8 Å². The van der Waals surface area contributed by atoms with E-state index >= 15 is 0 Å². The number of rotatable bonds is 0. The van der Waals surface area contributed by atoms with Gasteiger partial charge in [0.1, 0.15) is 0 Å². The normalized spacial score (nSPS) is 10.5. The second-order valence-corrected chi connectivity index (χ2v) is 4.55. The van der Waals surface area contributed by atoms with E-state index in [1.165, 1.54) is 32.7 Å². The van der Waals surface area contributed by atoms with Gasteiger partial charge in [-0.25, -0.2) is 0 Å². The molecule has 0 spiro atoms. The molecule has 0 saturated carbocycles. The maximum absolute atomic E-state index is 2.27. The topological polar surface area (TPSA) is 0 Å². The average molecular weight is 379 g/mol. The van der Waals surface area contributed by atoms with E-state index in [0.717, 1.165) is 0 Å². The van der Waals surface area contributed by atoms with Gasteiger partial charge in [0.25, 0.3) is 0 Å². The van der Waals surface area contributed by atoms with Crippen molar-refractivity contribution in [2.24, 2.45) is 0 Å². The van der Waals surface area contributed by atoms with Crippen LogP contribution in [-0.4, -0.2) is 0 Å². The third kappa shape index (κ3) is 2.59. The Balaban J connectivity index is 0.00000108. The molecule has 0 fully saturated rings. The molecule has 0 aliphatic rings. The van der Waals surface area contributed by atoms with Gasteiger partial charge in [0.2, 0.25) is 0 Å². The zero-order chi connectivity index (χ0) is 11.1. The Bertz CT molecular complexity index is 622. The standard InChI is InChI=1S/C16H14.Yb/c1-11-3-5-13-10-16-8-12(2)4-6-14(16)9-15(13)7-11;/h3-10H,1-2H3;. The molecule has 17 heavy (non-hydrogen) atoms. The molecular weight excluding hydrogens is 365 g/mol. The number of fused-ring (bicyclic) bond motifs is 2. The molecule has 0 radical (unpaired) electrons. The molecule has 0 saturated heterocycles. The predicted molar refractivity (Wildman–Crippen MR) is 70.9 cm³/mol. The molecule has 92 valence electrons. The van der Waals surface area contributed by atoms with E-state index in [4.69, 9.17) is 0 Å². The van der Waals surface area contributed by atoms with Gasteiger partial charge in [-0.05, 0) is 47.5 Å². The first kappa shape index (κ1) is 13.1. The summed E-state index contributed by atoms with van der Waals surface area (Å²) in [5.41, 5.74) is 2.64. The van der Waals surface area contributed by atoms with Gasteiger partial charge in [-0.2, -0.15) is 0 Å². The van der Waals surface area contributed by atoms with Gasteiger partial charge in [0.15, 0.2) is 0 Å². The molecule has 0 aliphatic carbocycles. The quantitative estimate of drug-likeness (QED) is 0.501. The molecule has 3 rings (SSSR count). The van der Waals surface area contributed by atoms with Crippen molar-refractivity contribution in [1.29, 1.82) is 0 Å².